The predicted molar refractivity (Wildman–Crippen MR) is 217 cm³/mol. The van der Waals surface area contributed by atoms with Crippen molar-refractivity contribution in [2.75, 3.05) is 39.3 Å². The van der Waals surface area contributed by atoms with Crippen LogP contribution in [-0.2, 0) is 23.7 Å². The number of aliphatic hydroxyl groups excluding tert-OH is 2. The van der Waals surface area contributed by atoms with Crippen molar-refractivity contribution in [1.29, 1.82) is 0 Å². The first kappa shape index (κ1) is 47.3. The Morgan fingerprint density at radius 1 is 0.655 bits per heavy atom. The van der Waals surface area contributed by atoms with Crippen LogP contribution in [0.25, 0.3) is 11.1 Å². The van der Waals surface area contributed by atoms with E-state index >= 15 is 0 Å². The van der Waals surface area contributed by atoms with Gasteiger partial charge in [0.05, 0.1) is 25.3 Å². The zero-order valence-electron chi connectivity index (χ0n) is 35.3. The van der Waals surface area contributed by atoms with Gasteiger partial charge in [0.25, 0.3) is 0 Å². The molecular weight excluding hydrogens is 750 g/mol. The third-order valence-corrected chi connectivity index (χ3v) is 8.45. The Morgan fingerprint density at radius 2 is 1.14 bits per heavy atom. The lowest BCUT2D eigenvalue weighted by molar-refractivity contribution is -0.123. The number of aliphatic hydroxyl groups is 2. The fourth-order valence-electron chi connectivity index (χ4n) is 6.07. The third kappa shape index (κ3) is 16.8. The number of fused-ring (bicyclic) bond motifs is 3. The van der Waals surface area contributed by atoms with Gasteiger partial charge >= 0.3 is 24.4 Å². The molecule has 6 N–H and O–H groups in total. The van der Waals surface area contributed by atoms with Gasteiger partial charge in [-0.15, -0.1) is 0 Å². The molecule has 0 spiro atoms. The monoisotopic (exact) mass is 813 g/mol. The number of hydrogen-bond acceptors (Lipinski definition) is 11. The van der Waals surface area contributed by atoms with Crippen molar-refractivity contribution >= 4 is 30.3 Å². The molecule has 16 heteroatoms. The zero-order valence-corrected chi connectivity index (χ0v) is 35.3. The van der Waals surface area contributed by atoms with Crippen molar-refractivity contribution in [3.8, 4) is 11.1 Å². The van der Waals surface area contributed by atoms with Crippen LogP contribution in [0.4, 0.5) is 19.2 Å². The van der Waals surface area contributed by atoms with E-state index in [1.165, 1.54) is 0 Å². The first-order valence-corrected chi connectivity index (χ1v) is 19.7. The van der Waals surface area contributed by atoms with Crippen LogP contribution in [-0.4, -0.2) is 120 Å². The van der Waals surface area contributed by atoms with Crippen LogP contribution in [0, 0.1) is 0 Å². The summed E-state index contributed by atoms with van der Waals surface area (Å²) in [4.78, 5) is 65.1. The highest BCUT2D eigenvalue weighted by Crippen LogP contribution is 2.44. The van der Waals surface area contributed by atoms with E-state index in [1.807, 2.05) is 48.5 Å². The molecule has 0 saturated heterocycles. The summed E-state index contributed by atoms with van der Waals surface area (Å²) in [6.45, 7) is 14.4. The third-order valence-electron chi connectivity index (χ3n) is 8.45. The Hall–Kier alpha value is -5.09. The standard InChI is InChI=1S/C42H63N5O11/c1-40(2,3)56-36(51)43-21-15-14-20-34(46-38(53)55-26-33-31-18-12-10-16-29(31)30-17-11-13-19-32(30)33)35(50)44-22-27(48)24-47(39(54)58-42(7,8)9)25-28(49)23-45-37(52)57-41(4,5)6/h10-13,16-19,27-28,33-34,48-49H,14-15,20-26H2,1-9H3,(H,43,51)(H,44,50)(H,45,52)(H,46,53)/t27-,28+,34-/m0/s1. The van der Waals surface area contributed by atoms with E-state index < -0.39 is 65.3 Å². The lowest BCUT2D eigenvalue weighted by Gasteiger charge is -2.30. The van der Waals surface area contributed by atoms with Crippen molar-refractivity contribution in [3.05, 3.63) is 59.7 Å². The minimum atomic E-state index is -1.32. The van der Waals surface area contributed by atoms with E-state index in [1.54, 1.807) is 62.3 Å². The number of nitrogens with one attached hydrogen (secondary N) is 4. The average Bonchev–Trinajstić information content (AvgIpc) is 3.42. The van der Waals surface area contributed by atoms with Gasteiger partial charge in [-0.05, 0) is 104 Å². The molecule has 0 fully saturated rings. The molecule has 0 unspecified atom stereocenters. The summed E-state index contributed by atoms with van der Waals surface area (Å²) in [6, 6.07) is 14.8. The molecule has 2 aromatic carbocycles. The van der Waals surface area contributed by atoms with Crippen LogP contribution in [0.15, 0.2) is 48.5 Å². The summed E-state index contributed by atoms with van der Waals surface area (Å²) in [5.41, 5.74) is 1.89. The molecule has 3 rings (SSSR count). The number of carbonyl (C=O) groups is 5. The lowest BCUT2D eigenvalue weighted by Crippen LogP contribution is -2.51. The quantitative estimate of drug-likeness (QED) is 0.0904. The number of ether oxygens (including phenoxy) is 4. The predicted octanol–water partition coefficient (Wildman–Crippen LogP) is 5.19. The molecule has 5 amide bonds. The fourth-order valence-corrected chi connectivity index (χ4v) is 6.07. The van der Waals surface area contributed by atoms with E-state index in [0.29, 0.717) is 12.8 Å². The van der Waals surface area contributed by atoms with Gasteiger partial charge in [-0.25, -0.2) is 19.2 Å². The second-order valence-corrected chi connectivity index (χ2v) is 17.3. The summed E-state index contributed by atoms with van der Waals surface area (Å²) < 4.78 is 21.6. The van der Waals surface area contributed by atoms with E-state index in [4.69, 9.17) is 18.9 Å². The first-order chi connectivity index (χ1) is 27.0. The Balaban J connectivity index is 1.64. The van der Waals surface area contributed by atoms with Crippen LogP contribution in [0.1, 0.15) is 98.6 Å². The summed E-state index contributed by atoms with van der Waals surface area (Å²) in [5.74, 6) is -0.808. The van der Waals surface area contributed by atoms with Crippen LogP contribution < -0.4 is 21.3 Å². The fraction of sp³-hybridized carbons (Fsp3) is 0.595. The maximum Gasteiger partial charge on any atom is 0.410 e. The maximum absolute atomic E-state index is 13.6. The van der Waals surface area contributed by atoms with Gasteiger partial charge in [0.1, 0.15) is 29.5 Å². The van der Waals surface area contributed by atoms with Gasteiger partial charge in [0.15, 0.2) is 0 Å². The van der Waals surface area contributed by atoms with Gasteiger partial charge in [0, 0.05) is 25.6 Å². The highest BCUT2D eigenvalue weighted by Gasteiger charge is 2.31. The molecule has 58 heavy (non-hydrogen) atoms. The summed E-state index contributed by atoms with van der Waals surface area (Å²) in [5, 5.41) is 32.1. The van der Waals surface area contributed by atoms with Gasteiger partial charge in [-0.3, -0.25) is 4.79 Å². The molecule has 0 aliphatic heterocycles. The topological polar surface area (TPSA) is 214 Å². The smallest absolute Gasteiger partial charge is 0.410 e. The minimum absolute atomic E-state index is 0.0341. The number of benzene rings is 2. The summed E-state index contributed by atoms with van der Waals surface area (Å²) >= 11 is 0. The zero-order chi connectivity index (χ0) is 43.3. The molecule has 0 saturated carbocycles. The lowest BCUT2D eigenvalue weighted by atomic mass is 9.98. The van der Waals surface area contributed by atoms with E-state index in [-0.39, 0.29) is 51.7 Å². The molecule has 0 aromatic heterocycles. The molecule has 2 aromatic rings. The SMILES string of the molecule is CC(C)(C)OC(=O)NCCCC[C@H](NC(=O)OCC1c2ccccc2-c2ccccc21)C(=O)NC[C@H](O)CN(C[C@H](O)CNC(=O)OC(C)(C)C)C(=O)OC(C)(C)C. The highest BCUT2D eigenvalue weighted by molar-refractivity contribution is 5.85. The number of hydrogen-bond donors (Lipinski definition) is 6. The summed E-state index contributed by atoms with van der Waals surface area (Å²) in [6.07, 6.45) is -4.48. The molecule has 0 heterocycles. The molecular formula is C42H63N5O11. The average molecular weight is 814 g/mol. The van der Waals surface area contributed by atoms with Crippen LogP contribution >= 0.6 is 0 Å². The first-order valence-electron chi connectivity index (χ1n) is 19.7. The number of amides is 5. The number of carbonyl (C=O) groups excluding carboxylic acids is 5. The highest BCUT2D eigenvalue weighted by atomic mass is 16.6. The molecule has 3 atom stereocenters. The van der Waals surface area contributed by atoms with Crippen LogP contribution in [0.3, 0.4) is 0 Å². The molecule has 322 valence electrons. The van der Waals surface area contributed by atoms with Crippen LogP contribution in [0.5, 0.6) is 0 Å². The van der Waals surface area contributed by atoms with Gasteiger partial charge in [0.2, 0.25) is 5.91 Å². The molecule has 0 bridgehead atoms. The van der Waals surface area contributed by atoms with Gasteiger partial charge < -0.3 is 55.3 Å². The minimum Gasteiger partial charge on any atom is -0.449 e. The molecule has 16 nitrogen and oxygen atoms in total. The maximum atomic E-state index is 13.6. The Bertz CT molecular complexity index is 1650. The Morgan fingerprint density at radius 3 is 1.66 bits per heavy atom. The number of alkyl carbamates (subject to hydrolysis) is 3. The molecule has 1 aliphatic rings. The van der Waals surface area contributed by atoms with E-state index in [9.17, 15) is 34.2 Å². The van der Waals surface area contributed by atoms with Crippen molar-refractivity contribution < 1.29 is 53.1 Å². The van der Waals surface area contributed by atoms with Crippen molar-refractivity contribution in [3.63, 3.8) is 0 Å². The Labute approximate surface area is 341 Å². The second kappa shape index (κ2) is 21.1. The molecule has 1 aliphatic carbocycles. The summed E-state index contributed by atoms with van der Waals surface area (Å²) in [7, 11) is 0. The molecule has 0 radical (unpaired) electrons. The van der Waals surface area contributed by atoms with Crippen molar-refractivity contribution in [1.82, 2.24) is 26.2 Å². The van der Waals surface area contributed by atoms with E-state index in [2.05, 4.69) is 21.3 Å². The number of rotatable bonds is 17. The number of nitrogens with zero attached hydrogens (tertiary/aromatic N) is 1. The van der Waals surface area contributed by atoms with Crippen LogP contribution in [0.2, 0.25) is 0 Å². The number of unbranched alkanes of at least 4 members (excludes halogenated alkanes) is 1. The van der Waals surface area contributed by atoms with Crippen molar-refractivity contribution in [2.24, 2.45) is 0 Å². The normalized spacial score (nSPS) is 14.1. The largest absolute Gasteiger partial charge is 0.449 e. The van der Waals surface area contributed by atoms with Crippen molar-refractivity contribution in [2.45, 2.75) is 123 Å². The second-order valence-electron chi connectivity index (χ2n) is 17.3. The Kier molecular flexibility index (Phi) is 17.2. The van der Waals surface area contributed by atoms with Gasteiger partial charge in [-0.1, -0.05) is 48.5 Å². The van der Waals surface area contributed by atoms with E-state index in [0.717, 1.165) is 27.2 Å². The van der Waals surface area contributed by atoms with Gasteiger partial charge in [-0.2, -0.15) is 0 Å².